The minimum atomic E-state index is 0.458. The Bertz CT molecular complexity index is 883. The Morgan fingerprint density at radius 3 is 2.96 bits per heavy atom. The summed E-state index contributed by atoms with van der Waals surface area (Å²) in [6.07, 6.45) is 4.72. The summed E-state index contributed by atoms with van der Waals surface area (Å²) in [4.78, 5) is 4.36. The number of hydrogen-bond acceptors (Lipinski definition) is 5. The number of rotatable bonds is 3. The van der Waals surface area contributed by atoms with Crippen molar-refractivity contribution in [3.8, 4) is 17.1 Å². The standard InChI is InChI=1S/C18H15N3O2/c19-15-3-1-2-14(11-15)18-20-17(23-21-18)7-5-12-4-6-16-13(10-12)8-9-22-16/h1-7,10-11H,8-9,19H2/b7-5+. The van der Waals surface area contributed by atoms with E-state index in [1.165, 1.54) is 5.56 Å². The lowest BCUT2D eigenvalue weighted by Crippen LogP contribution is -1.86. The van der Waals surface area contributed by atoms with Crippen LogP contribution in [0.4, 0.5) is 5.69 Å². The minimum absolute atomic E-state index is 0.458. The van der Waals surface area contributed by atoms with Gasteiger partial charge in [0.25, 0.3) is 5.89 Å². The topological polar surface area (TPSA) is 74.2 Å². The van der Waals surface area contributed by atoms with Gasteiger partial charge in [0.2, 0.25) is 5.82 Å². The van der Waals surface area contributed by atoms with Crippen LogP contribution in [-0.2, 0) is 6.42 Å². The van der Waals surface area contributed by atoms with Gasteiger partial charge in [-0.05, 0) is 41.5 Å². The molecule has 2 N–H and O–H groups in total. The van der Waals surface area contributed by atoms with Crippen molar-refractivity contribution in [2.24, 2.45) is 0 Å². The van der Waals surface area contributed by atoms with Crippen LogP contribution in [0.25, 0.3) is 23.5 Å². The molecule has 2 heterocycles. The summed E-state index contributed by atoms with van der Waals surface area (Å²) in [5.41, 5.74) is 9.59. The molecule has 1 aliphatic rings. The van der Waals surface area contributed by atoms with Gasteiger partial charge in [-0.1, -0.05) is 23.4 Å². The normalized spacial score (nSPS) is 13.2. The molecule has 0 saturated carbocycles. The van der Waals surface area contributed by atoms with E-state index in [9.17, 15) is 0 Å². The third-order valence-electron chi connectivity index (χ3n) is 3.72. The lowest BCUT2D eigenvalue weighted by atomic mass is 10.1. The fourth-order valence-electron chi connectivity index (χ4n) is 2.58. The van der Waals surface area contributed by atoms with Crippen LogP contribution in [-0.4, -0.2) is 16.7 Å². The van der Waals surface area contributed by atoms with Gasteiger partial charge in [-0.25, -0.2) is 0 Å². The minimum Gasteiger partial charge on any atom is -0.493 e. The number of hydrogen-bond donors (Lipinski definition) is 1. The van der Waals surface area contributed by atoms with Crippen molar-refractivity contribution in [1.82, 2.24) is 10.1 Å². The van der Waals surface area contributed by atoms with Crippen molar-refractivity contribution in [2.75, 3.05) is 12.3 Å². The van der Waals surface area contributed by atoms with Crippen molar-refractivity contribution in [3.05, 3.63) is 59.5 Å². The first kappa shape index (κ1) is 13.6. The fourth-order valence-corrected chi connectivity index (χ4v) is 2.58. The maximum absolute atomic E-state index is 5.77. The highest BCUT2D eigenvalue weighted by Crippen LogP contribution is 2.26. The molecule has 114 valence electrons. The summed E-state index contributed by atoms with van der Waals surface area (Å²) in [6.45, 7) is 0.760. The molecule has 0 bridgehead atoms. The van der Waals surface area contributed by atoms with Crippen LogP contribution in [0.2, 0.25) is 0 Å². The second-order valence-corrected chi connectivity index (χ2v) is 5.38. The van der Waals surface area contributed by atoms with E-state index in [4.69, 9.17) is 15.0 Å². The highest BCUT2D eigenvalue weighted by molar-refractivity contribution is 5.68. The molecule has 3 aromatic rings. The van der Waals surface area contributed by atoms with Crippen LogP contribution >= 0.6 is 0 Å². The van der Waals surface area contributed by atoms with Crippen LogP contribution in [0.15, 0.2) is 47.0 Å². The molecule has 1 aliphatic heterocycles. The van der Waals surface area contributed by atoms with E-state index >= 15 is 0 Å². The van der Waals surface area contributed by atoms with E-state index in [0.717, 1.165) is 29.9 Å². The average Bonchev–Trinajstić information content (AvgIpc) is 3.21. The van der Waals surface area contributed by atoms with E-state index in [-0.39, 0.29) is 0 Å². The Morgan fingerprint density at radius 2 is 2.04 bits per heavy atom. The zero-order chi connectivity index (χ0) is 15.6. The number of benzene rings is 2. The number of anilines is 1. The van der Waals surface area contributed by atoms with E-state index in [1.54, 1.807) is 6.08 Å². The van der Waals surface area contributed by atoms with Crippen LogP contribution < -0.4 is 10.5 Å². The van der Waals surface area contributed by atoms with Gasteiger partial charge in [0, 0.05) is 23.7 Å². The zero-order valence-corrected chi connectivity index (χ0v) is 12.4. The third kappa shape index (κ3) is 2.81. The molecule has 0 aliphatic carbocycles. The molecule has 5 heteroatoms. The lowest BCUT2D eigenvalue weighted by Gasteiger charge is -1.99. The van der Waals surface area contributed by atoms with E-state index < -0.39 is 0 Å². The summed E-state index contributed by atoms with van der Waals surface area (Å²) in [5.74, 6) is 1.96. The Morgan fingerprint density at radius 1 is 1.09 bits per heavy atom. The molecule has 4 rings (SSSR count). The van der Waals surface area contributed by atoms with E-state index in [2.05, 4.69) is 16.2 Å². The monoisotopic (exact) mass is 305 g/mol. The number of nitrogen functional groups attached to an aromatic ring is 1. The van der Waals surface area contributed by atoms with Crippen LogP contribution in [0.5, 0.6) is 5.75 Å². The van der Waals surface area contributed by atoms with Gasteiger partial charge >= 0.3 is 0 Å². The maximum Gasteiger partial charge on any atom is 0.250 e. The lowest BCUT2D eigenvalue weighted by molar-refractivity contribution is 0.357. The molecular weight excluding hydrogens is 290 g/mol. The van der Waals surface area contributed by atoms with Gasteiger partial charge in [0.15, 0.2) is 0 Å². The van der Waals surface area contributed by atoms with Crippen LogP contribution in [0.3, 0.4) is 0 Å². The molecule has 0 atom stereocenters. The van der Waals surface area contributed by atoms with E-state index in [0.29, 0.717) is 17.4 Å². The second-order valence-electron chi connectivity index (χ2n) is 5.38. The highest BCUT2D eigenvalue weighted by atomic mass is 16.5. The molecule has 0 spiro atoms. The molecule has 0 saturated heterocycles. The summed E-state index contributed by atoms with van der Waals surface area (Å²) in [6, 6.07) is 13.5. The molecule has 0 radical (unpaired) electrons. The first-order chi connectivity index (χ1) is 11.3. The predicted molar refractivity (Wildman–Crippen MR) is 88.7 cm³/mol. The molecule has 23 heavy (non-hydrogen) atoms. The smallest absolute Gasteiger partial charge is 0.250 e. The summed E-state index contributed by atoms with van der Waals surface area (Å²) < 4.78 is 10.8. The Balaban J connectivity index is 1.55. The van der Waals surface area contributed by atoms with Gasteiger partial charge in [0.05, 0.1) is 6.61 Å². The quantitative estimate of drug-likeness (QED) is 0.750. The molecule has 1 aromatic heterocycles. The number of aromatic nitrogens is 2. The summed E-state index contributed by atoms with van der Waals surface area (Å²) >= 11 is 0. The molecule has 0 unspecified atom stereocenters. The van der Waals surface area contributed by atoms with Gasteiger partial charge in [-0.2, -0.15) is 4.98 Å². The average molecular weight is 305 g/mol. The zero-order valence-electron chi connectivity index (χ0n) is 12.4. The van der Waals surface area contributed by atoms with Crippen LogP contribution in [0.1, 0.15) is 17.0 Å². The van der Waals surface area contributed by atoms with Gasteiger partial charge in [0.1, 0.15) is 5.75 Å². The number of fused-ring (bicyclic) bond motifs is 1. The van der Waals surface area contributed by atoms with Gasteiger partial charge < -0.3 is 15.0 Å². The summed E-state index contributed by atoms with van der Waals surface area (Å²) in [7, 11) is 0. The number of nitrogens with zero attached hydrogens (tertiary/aromatic N) is 2. The molecular formula is C18H15N3O2. The Kier molecular flexibility index (Phi) is 3.31. The van der Waals surface area contributed by atoms with Crippen molar-refractivity contribution in [1.29, 1.82) is 0 Å². The van der Waals surface area contributed by atoms with Gasteiger partial charge in [-0.15, -0.1) is 0 Å². The maximum atomic E-state index is 5.77. The Labute approximate surface area is 133 Å². The Hall–Kier alpha value is -3.08. The predicted octanol–water partition coefficient (Wildman–Crippen LogP) is 3.42. The van der Waals surface area contributed by atoms with Crippen molar-refractivity contribution in [3.63, 3.8) is 0 Å². The molecule has 0 fully saturated rings. The van der Waals surface area contributed by atoms with E-state index in [1.807, 2.05) is 42.5 Å². The number of ether oxygens (including phenoxy) is 1. The first-order valence-corrected chi connectivity index (χ1v) is 7.41. The highest BCUT2D eigenvalue weighted by Gasteiger charge is 2.11. The second kappa shape index (κ2) is 5.61. The van der Waals surface area contributed by atoms with Crippen molar-refractivity contribution < 1.29 is 9.26 Å². The summed E-state index contributed by atoms with van der Waals surface area (Å²) in [5, 5.41) is 3.98. The molecule has 2 aromatic carbocycles. The fraction of sp³-hybridized carbons (Fsp3) is 0.111. The van der Waals surface area contributed by atoms with Gasteiger partial charge in [-0.3, -0.25) is 0 Å². The van der Waals surface area contributed by atoms with Crippen molar-refractivity contribution in [2.45, 2.75) is 6.42 Å². The third-order valence-corrected chi connectivity index (χ3v) is 3.72. The first-order valence-electron chi connectivity index (χ1n) is 7.41. The molecule has 0 amide bonds. The molecule has 5 nitrogen and oxygen atoms in total. The largest absolute Gasteiger partial charge is 0.493 e. The van der Waals surface area contributed by atoms with Crippen LogP contribution in [0, 0.1) is 0 Å². The number of nitrogens with two attached hydrogens (primary N) is 1. The SMILES string of the molecule is Nc1cccc(-c2noc(/C=C/c3ccc4c(c3)CCO4)n2)c1. The van der Waals surface area contributed by atoms with Crippen molar-refractivity contribution >= 4 is 17.8 Å².